The molecule has 5 rings (SSSR count). The smallest absolute Gasteiger partial charge is 0.270 e. The van der Waals surface area contributed by atoms with Crippen LogP contribution in [0.2, 0.25) is 0 Å². The van der Waals surface area contributed by atoms with Crippen LogP contribution < -0.4 is 5.32 Å². The molecule has 0 aliphatic carbocycles. The minimum absolute atomic E-state index is 0.113. The number of halogens is 1. The van der Waals surface area contributed by atoms with E-state index in [0.717, 1.165) is 21.7 Å². The van der Waals surface area contributed by atoms with Gasteiger partial charge in [-0.05, 0) is 47.7 Å². The summed E-state index contributed by atoms with van der Waals surface area (Å²) in [6, 6.07) is 17.3. The molecule has 2 aliphatic heterocycles. The predicted octanol–water partition coefficient (Wildman–Crippen LogP) is 4.88. The molecule has 9 heteroatoms. The van der Waals surface area contributed by atoms with Crippen molar-refractivity contribution in [1.82, 2.24) is 10.2 Å². The van der Waals surface area contributed by atoms with Crippen molar-refractivity contribution in [2.24, 2.45) is 9.98 Å². The SMILES string of the molecule is O=C(CCC1C(=O)N=C2c3ccccc3N=C(SCc3cccc(F)c3)N21)NCc1cccs1. The molecule has 1 N–H and O–H groups in total. The number of carbonyl (C=O) groups excluding carboxylic acids is 2. The van der Waals surface area contributed by atoms with Gasteiger partial charge in [-0.2, -0.15) is 4.99 Å². The third kappa shape index (κ3) is 4.80. The average Bonchev–Trinajstić information content (AvgIpc) is 3.47. The van der Waals surface area contributed by atoms with Gasteiger partial charge in [-0.3, -0.25) is 14.5 Å². The minimum atomic E-state index is -0.602. The van der Waals surface area contributed by atoms with Crippen molar-refractivity contribution in [3.05, 3.63) is 87.9 Å². The molecule has 0 saturated carbocycles. The van der Waals surface area contributed by atoms with Crippen LogP contribution in [-0.2, 0) is 21.9 Å². The van der Waals surface area contributed by atoms with Gasteiger partial charge in [0.2, 0.25) is 5.91 Å². The summed E-state index contributed by atoms with van der Waals surface area (Å²) < 4.78 is 13.6. The van der Waals surface area contributed by atoms with Crippen LogP contribution >= 0.6 is 23.1 Å². The molecule has 0 fully saturated rings. The number of amides is 2. The fourth-order valence-corrected chi connectivity index (χ4v) is 5.54. The third-order valence-corrected chi connectivity index (χ3v) is 7.45. The van der Waals surface area contributed by atoms with Crippen molar-refractivity contribution >= 4 is 51.6 Å². The Morgan fingerprint density at radius 1 is 1.12 bits per heavy atom. The number of nitrogens with zero attached hydrogens (tertiary/aromatic N) is 3. The number of hydrogen-bond donors (Lipinski definition) is 1. The van der Waals surface area contributed by atoms with Crippen molar-refractivity contribution < 1.29 is 14.0 Å². The summed E-state index contributed by atoms with van der Waals surface area (Å²) in [5.74, 6) is 0.361. The third-order valence-electron chi connectivity index (χ3n) is 5.55. The second kappa shape index (κ2) is 9.90. The van der Waals surface area contributed by atoms with Crippen LogP contribution in [0.4, 0.5) is 10.1 Å². The summed E-state index contributed by atoms with van der Waals surface area (Å²) in [6.45, 7) is 0.476. The second-order valence-corrected chi connectivity index (χ2v) is 9.86. The van der Waals surface area contributed by atoms with E-state index >= 15 is 0 Å². The lowest BCUT2D eigenvalue weighted by molar-refractivity contribution is -0.122. The zero-order chi connectivity index (χ0) is 23.5. The minimum Gasteiger partial charge on any atom is -0.351 e. The van der Waals surface area contributed by atoms with Crippen LogP contribution in [0.3, 0.4) is 0 Å². The maximum atomic E-state index is 13.6. The molecule has 3 aromatic rings. The van der Waals surface area contributed by atoms with E-state index in [1.165, 1.54) is 23.9 Å². The van der Waals surface area contributed by atoms with Crippen molar-refractivity contribution in [3.63, 3.8) is 0 Å². The molecule has 2 aliphatic rings. The van der Waals surface area contributed by atoms with E-state index in [9.17, 15) is 14.0 Å². The summed E-state index contributed by atoms with van der Waals surface area (Å²) in [4.78, 5) is 37.4. The van der Waals surface area contributed by atoms with Crippen LogP contribution in [-0.4, -0.2) is 33.8 Å². The van der Waals surface area contributed by atoms with Gasteiger partial charge in [0, 0.05) is 22.6 Å². The van der Waals surface area contributed by atoms with E-state index in [1.54, 1.807) is 17.4 Å². The molecular weight excluding hydrogens is 471 g/mol. The molecule has 0 spiro atoms. The number of benzene rings is 2. The van der Waals surface area contributed by atoms with E-state index in [-0.39, 0.29) is 24.1 Å². The standard InChI is InChI=1S/C25H21FN4O2S2/c26-17-6-3-5-16(13-17)15-34-25-28-20-9-2-1-8-19(20)23-29-24(32)21(30(23)25)10-11-22(31)27-14-18-7-4-12-33-18/h1-9,12-13,21H,10-11,14-15H2,(H,27,31). The molecule has 0 saturated heterocycles. The Morgan fingerprint density at radius 2 is 2.00 bits per heavy atom. The first-order chi connectivity index (χ1) is 16.6. The number of thioether (sulfide) groups is 1. The predicted molar refractivity (Wildman–Crippen MR) is 134 cm³/mol. The fourth-order valence-electron chi connectivity index (χ4n) is 3.91. The number of fused-ring (bicyclic) bond motifs is 3. The number of nitrogens with one attached hydrogen (secondary N) is 1. The summed E-state index contributed by atoms with van der Waals surface area (Å²) in [5, 5.41) is 5.50. The highest BCUT2D eigenvalue weighted by atomic mass is 32.2. The van der Waals surface area contributed by atoms with Gasteiger partial charge in [0.25, 0.3) is 5.91 Å². The molecular formula is C25H21FN4O2S2. The highest BCUT2D eigenvalue weighted by molar-refractivity contribution is 8.13. The summed E-state index contributed by atoms with van der Waals surface area (Å²) >= 11 is 3.01. The van der Waals surface area contributed by atoms with Crippen LogP contribution in [0.5, 0.6) is 0 Å². The molecule has 1 atom stereocenters. The Labute approximate surface area is 204 Å². The average molecular weight is 493 g/mol. The molecule has 34 heavy (non-hydrogen) atoms. The van der Waals surface area contributed by atoms with Gasteiger partial charge >= 0.3 is 0 Å². The Kier molecular flexibility index (Phi) is 6.55. The van der Waals surface area contributed by atoms with Crippen molar-refractivity contribution in [2.75, 3.05) is 0 Å². The van der Waals surface area contributed by atoms with E-state index in [0.29, 0.717) is 29.7 Å². The Balaban J connectivity index is 1.33. The van der Waals surface area contributed by atoms with Crippen molar-refractivity contribution in [1.29, 1.82) is 0 Å². The lowest BCUT2D eigenvalue weighted by Gasteiger charge is -2.31. The van der Waals surface area contributed by atoms with E-state index in [4.69, 9.17) is 4.99 Å². The molecule has 1 aromatic heterocycles. The number of thiophene rings is 1. The quantitative estimate of drug-likeness (QED) is 0.510. The lowest BCUT2D eigenvalue weighted by atomic mass is 10.1. The topological polar surface area (TPSA) is 74.1 Å². The van der Waals surface area contributed by atoms with Gasteiger partial charge in [0.05, 0.1) is 12.2 Å². The van der Waals surface area contributed by atoms with Gasteiger partial charge in [-0.1, -0.05) is 42.1 Å². The van der Waals surface area contributed by atoms with Gasteiger partial charge in [0.15, 0.2) is 5.17 Å². The van der Waals surface area contributed by atoms with E-state index < -0.39 is 6.04 Å². The van der Waals surface area contributed by atoms with Crippen molar-refractivity contribution in [2.45, 2.75) is 31.2 Å². The first-order valence-electron chi connectivity index (χ1n) is 10.8. The zero-order valence-electron chi connectivity index (χ0n) is 18.1. The van der Waals surface area contributed by atoms with Crippen molar-refractivity contribution in [3.8, 4) is 0 Å². The highest BCUT2D eigenvalue weighted by Crippen LogP contribution is 2.36. The summed E-state index contributed by atoms with van der Waals surface area (Å²) in [7, 11) is 0. The number of rotatable bonds is 7. The number of carbonyl (C=O) groups is 2. The van der Waals surface area contributed by atoms with Gasteiger partial charge in [-0.15, -0.1) is 11.3 Å². The van der Waals surface area contributed by atoms with Crippen LogP contribution in [0.1, 0.15) is 28.8 Å². The molecule has 2 aromatic carbocycles. The Hall–Kier alpha value is -3.30. The van der Waals surface area contributed by atoms with Crippen LogP contribution in [0, 0.1) is 5.82 Å². The largest absolute Gasteiger partial charge is 0.351 e. The normalized spacial score (nSPS) is 16.6. The maximum absolute atomic E-state index is 13.6. The molecule has 3 heterocycles. The summed E-state index contributed by atoms with van der Waals surface area (Å²) in [5.41, 5.74) is 2.34. The molecule has 6 nitrogen and oxygen atoms in total. The van der Waals surface area contributed by atoms with Gasteiger partial charge in [-0.25, -0.2) is 9.38 Å². The van der Waals surface area contributed by atoms with Crippen LogP contribution in [0.25, 0.3) is 0 Å². The zero-order valence-corrected chi connectivity index (χ0v) is 19.7. The van der Waals surface area contributed by atoms with E-state index in [1.807, 2.05) is 52.7 Å². The second-order valence-electron chi connectivity index (χ2n) is 7.88. The maximum Gasteiger partial charge on any atom is 0.270 e. The van der Waals surface area contributed by atoms with E-state index in [2.05, 4.69) is 10.3 Å². The molecule has 0 bridgehead atoms. The molecule has 2 amide bonds. The number of aliphatic imine (C=N–C) groups is 2. The number of para-hydroxylation sites is 1. The van der Waals surface area contributed by atoms with Crippen LogP contribution in [0.15, 0.2) is 76.0 Å². The monoisotopic (exact) mass is 492 g/mol. The number of amidine groups is 2. The van der Waals surface area contributed by atoms with Gasteiger partial charge in [0.1, 0.15) is 17.7 Å². The highest BCUT2D eigenvalue weighted by Gasteiger charge is 2.41. The fraction of sp³-hybridized carbons (Fsp3) is 0.200. The van der Waals surface area contributed by atoms with Gasteiger partial charge < -0.3 is 5.32 Å². The first kappa shape index (κ1) is 22.5. The molecule has 0 radical (unpaired) electrons. The Morgan fingerprint density at radius 3 is 2.82 bits per heavy atom. The lowest BCUT2D eigenvalue weighted by Crippen LogP contribution is -2.44. The summed E-state index contributed by atoms with van der Waals surface area (Å²) in [6.07, 6.45) is 0.522. The Bertz CT molecular complexity index is 1290. The number of hydrogen-bond acceptors (Lipinski definition) is 6. The molecule has 172 valence electrons. The molecule has 1 unspecified atom stereocenters. The first-order valence-corrected chi connectivity index (χ1v) is 12.7.